The molecule has 0 aliphatic heterocycles. The lowest BCUT2D eigenvalue weighted by Crippen LogP contribution is -2.42. The van der Waals surface area contributed by atoms with E-state index in [0.29, 0.717) is 13.0 Å². The molecular weight excluding hydrogens is 400 g/mol. The second-order valence-electron chi connectivity index (χ2n) is 6.08. The smallest absolute Gasteiger partial charge is 0.343 e. The van der Waals surface area contributed by atoms with Crippen LogP contribution in [0.25, 0.3) is 11.1 Å². The van der Waals surface area contributed by atoms with Gasteiger partial charge in [0, 0.05) is 18.5 Å². The van der Waals surface area contributed by atoms with Crippen molar-refractivity contribution < 1.29 is 23.5 Å². The first-order valence-corrected chi connectivity index (χ1v) is 9.46. The molecule has 0 bridgehead atoms. The summed E-state index contributed by atoms with van der Waals surface area (Å²) >= 11 is 1.57. The van der Waals surface area contributed by atoms with Crippen molar-refractivity contribution >= 4 is 40.3 Å². The number of ether oxygens (including phenoxy) is 1. The van der Waals surface area contributed by atoms with Gasteiger partial charge < -0.3 is 19.0 Å². The van der Waals surface area contributed by atoms with Crippen molar-refractivity contribution in [2.24, 2.45) is 7.05 Å². The zero-order chi connectivity index (χ0) is 21.0. The standard InChI is InChI=1S/C18H18N4O6S/c1-10-13(14-15(28-10)20-9-22(2)16(14)24)17(25)27-8-12(23)21-18(26)19-6-5-11-4-3-7-29-11/h3-4,7,9H,5-6,8H2,1-2H3,(H2,19,21,23,26). The number of rotatable bonds is 6. The Morgan fingerprint density at radius 3 is 2.86 bits per heavy atom. The topological polar surface area (TPSA) is 133 Å². The molecule has 0 aliphatic rings. The molecule has 0 aromatic carbocycles. The number of esters is 1. The number of thiophene rings is 1. The van der Waals surface area contributed by atoms with Gasteiger partial charge in [0.2, 0.25) is 5.71 Å². The Labute approximate surface area is 168 Å². The van der Waals surface area contributed by atoms with Crippen LogP contribution in [-0.4, -0.2) is 40.6 Å². The lowest BCUT2D eigenvalue weighted by atomic mass is 10.2. The number of aryl methyl sites for hydroxylation is 2. The van der Waals surface area contributed by atoms with Crippen LogP contribution in [0, 0.1) is 6.92 Å². The van der Waals surface area contributed by atoms with E-state index in [9.17, 15) is 19.2 Å². The van der Waals surface area contributed by atoms with E-state index >= 15 is 0 Å². The van der Waals surface area contributed by atoms with Gasteiger partial charge in [-0.1, -0.05) is 6.07 Å². The number of hydrogen-bond donors (Lipinski definition) is 2. The van der Waals surface area contributed by atoms with E-state index in [1.807, 2.05) is 17.5 Å². The Hall–Kier alpha value is -3.47. The fourth-order valence-corrected chi connectivity index (χ4v) is 3.31. The van der Waals surface area contributed by atoms with Crippen molar-refractivity contribution in [3.63, 3.8) is 0 Å². The maximum atomic E-state index is 12.4. The fourth-order valence-electron chi connectivity index (χ4n) is 2.60. The van der Waals surface area contributed by atoms with E-state index in [2.05, 4.69) is 15.6 Å². The zero-order valence-electron chi connectivity index (χ0n) is 15.7. The third kappa shape index (κ3) is 4.69. The maximum absolute atomic E-state index is 12.4. The first-order valence-electron chi connectivity index (χ1n) is 8.58. The number of nitrogens with zero attached hydrogens (tertiary/aromatic N) is 2. The van der Waals surface area contributed by atoms with Crippen molar-refractivity contribution in [1.82, 2.24) is 20.2 Å². The molecule has 0 aliphatic carbocycles. The molecule has 3 aromatic rings. The van der Waals surface area contributed by atoms with E-state index < -0.39 is 30.1 Å². The lowest BCUT2D eigenvalue weighted by molar-refractivity contribution is -0.123. The largest absolute Gasteiger partial charge is 0.452 e. The highest BCUT2D eigenvalue weighted by atomic mass is 32.1. The van der Waals surface area contributed by atoms with Gasteiger partial charge in [-0.25, -0.2) is 14.6 Å². The number of urea groups is 1. The molecule has 3 aromatic heterocycles. The van der Waals surface area contributed by atoms with Crippen LogP contribution < -0.4 is 16.2 Å². The van der Waals surface area contributed by atoms with Crippen molar-refractivity contribution in [2.75, 3.05) is 13.2 Å². The van der Waals surface area contributed by atoms with Crippen molar-refractivity contribution in [1.29, 1.82) is 0 Å². The number of nitrogens with one attached hydrogen (secondary N) is 2. The van der Waals surface area contributed by atoms with Gasteiger partial charge in [-0.2, -0.15) is 0 Å². The van der Waals surface area contributed by atoms with Crippen LogP contribution in [0.3, 0.4) is 0 Å². The summed E-state index contributed by atoms with van der Waals surface area (Å²) in [5.74, 6) is -1.57. The van der Waals surface area contributed by atoms with Gasteiger partial charge in [0.15, 0.2) is 6.61 Å². The SMILES string of the molecule is Cc1oc2ncn(C)c(=O)c2c1C(=O)OCC(=O)NC(=O)NCCc1cccs1. The Morgan fingerprint density at radius 1 is 1.34 bits per heavy atom. The summed E-state index contributed by atoms with van der Waals surface area (Å²) in [6.45, 7) is 1.15. The molecule has 3 rings (SSSR count). The molecule has 11 heteroatoms. The minimum atomic E-state index is -0.917. The monoisotopic (exact) mass is 418 g/mol. The second-order valence-corrected chi connectivity index (χ2v) is 7.12. The predicted molar refractivity (Wildman–Crippen MR) is 104 cm³/mol. The Bertz CT molecular complexity index is 1120. The molecule has 0 saturated carbocycles. The highest BCUT2D eigenvalue weighted by molar-refractivity contribution is 7.09. The summed E-state index contributed by atoms with van der Waals surface area (Å²) in [5.41, 5.74) is -0.567. The summed E-state index contributed by atoms with van der Waals surface area (Å²) in [5, 5.41) is 6.52. The minimum absolute atomic E-state index is 0.00659. The van der Waals surface area contributed by atoms with E-state index in [1.165, 1.54) is 24.9 Å². The highest BCUT2D eigenvalue weighted by Gasteiger charge is 2.24. The van der Waals surface area contributed by atoms with Gasteiger partial charge >= 0.3 is 12.0 Å². The summed E-state index contributed by atoms with van der Waals surface area (Å²) in [7, 11) is 1.48. The van der Waals surface area contributed by atoms with Crippen molar-refractivity contribution in [3.8, 4) is 0 Å². The Kier molecular flexibility index (Phi) is 6.07. The molecule has 2 N–H and O–H groups in total. The number of carbonyl (C=O) groups excluding carboxylic acids is 3. The molecule has 3 amide bonds. The van der Waals surface area contributed by atoms with Crippen LogP contribution in [0.4, 0.5) is 4.79 Å². The number of furan rings is 1. The quantitative estimate of drug-likeness (QED) is 0.573. The first kappa shape index (κ1) is 20.3. The predicted octanol–water partition coefficient (Wildman–Crippen LogP) is 1.12. The van der Waals surface area contributed by atoms with Gasteiger partial charge in [-0.05, 0) is 24.8 Å². The maximum Gasteiger partial charge on any atom is 0.343 e. The fraction of sp³-hybridized carbons (Fsp3) is 0.278. The summed E-state index contributed by atoms with van der Waals surface area (Å²) < 4.78 is 11.4. The third-order valence-electron chi connectivity index (χ3n) is 3.98. The molecule has 0 atom stereocenters. The second kappa shape index (κ2) is 8.69. The van der Waals surface area contributed by atoms with Crippen LogP contribution >= 0.6 is 11.3 Å². The molecule has 10 nitrogen and oxygen atoms in total. The minimum Gasteiger partial charge on any atom is -0.452 e. The van der Waals surface area contributed by atoms with Crippen LogP contribution in [0.5, 0.6) is 0 Å². The van der Waals surface area contributed by atoms with Crippen LogP contribution in [0.1, 0.15) is 21.0 Å². The number of aromatic nitrogens is 2. The average Bonchev–Trinajstić information content (AvgIpc) is 3.30. The number of carbonyl (C=O) groups is 3. The average molecular weight is 418 g/mol. The van der Waals surface area contributed by atoms with E-state index in [0.717, 1.165) is 4.88 Å². The molecule has 152 valence electrons. The molecule has 0 spiro atoms. The summed E-state index contributed by atoms with van der Waals surface area (Å²) in [6.07, 6.45) is 1.91. The highest BCUT2D eigenvalue weighted by Crippen LogP contribution is 2.21. The van der Waals surface area contributed by atoms with Crippen LogP contribution in [0.2, 0.25) is 0 Å². The van der Waals surface area contributed by atoms with E-state index in [1.54, 1.807) is 11.3 Å². The van der Waals surface area contributed by atoms with Crippen LogP contribution in [0.15, 0.2) is 33.1 Å². The lowest BCUT2D eigenvalue weighted by Gasteiger charge is -2.07. The molecule has 0 unspecified atom stereocenters. The molecule has 0 saturated heterocycles. The Balaban J connectivity index is 1.54. The van der Waals surface area contributed by atoms with E-state index in [-0.39, 0.29) is 22.4 Å². The molecular formula is C18H18N4O6S. The summed E-state index contributed by atoms with van der Waals surface area (Å²) in [4.78, 5) is 53.2. The van der Waals surface area contributed by atoms with Gasteiger partial charge in [0.1, 0.15) is 23.0 Å². The van der Waals surface area contributed by atoms with Gasteiger partial charge in [0.25, 0.3) is 11.5 Å². The van der Waals surface area contributed by atoms with Crippen LogP contribution in [-0.2, 0) is 23.0 Å². The van der Waals surface area contributed by atoms with Crippen molar-refractivity contribution in [2.45, 2.75) is 13.3 Å². The third-order valence-corrected chi connectivity index (χ3v) is 4.91. The number of hydrogen-bond acceptors (Lipinski definition) is 8. The molecule has 0 radical (unpaired) electrons. The normalized spacial score (nSPS) is 10.7. The van der Waals surface area contributed by atoms with Gasteiger partial charge in [-0.3, -0.25) is 14.9 Å². The van der Waals surface area contributed by atoms with Crippen molar-refractivity contribution in [3.05, 3.63) is 50.4 Å². The van der Waals surface area contributed by atoms with E-state index in [4.69, 9.17) is 9.15 Å². The summed E-state index contributed by atoms with van der Waals surface area (Å²) in [6, 6.07) is 3.17. The Morgan fingerprint density at radius 2 is 2.14 bits per heavy atom. The molecule has 29 heavy (non-hydrogen) atoms. The number of imide groups is 1. The molecule has 0 fully saturated rings. The molecule has 3 heterocycles. The zero-order valence-corrected chi connectivity index (χ0v) is 16.5. The number of amides is 3. The van der Waals surface area contributed by atoms with Gasteiger partial charge in [0.05, 0.1) is 0 Å². The van der Waals surface area contributed by atoms with Gasteiger partial charge in [-0.15, -0.1) is 11.3 Å². The first-order chi connectivity index (χ1) is 13.9. The number of fused-ring (bicyclic) bond motifs is 1.